The molecule has 1 saturated heterocycles. The number of nitrogens with two attached hydrogens (primary N) is 3. The van der Waals surface area contributed by atoms with E-state index in [2.05, 4.69) is 81.1 Å². The molecular formula is C40H100Cl4N8. The molecule has 0 aromatic heterocycles. The summed E-state index contributed by atoms with van der Waals surface area (Å²) < 4.78 is 0. The van der Waals surface area contributed by atoms with E-state index < -0.39 is 0 Å². The van der Waals surface area contributed by atoms with Crippen molar-refractivity contribution in [2.75, 3.05) is 104 Å². The molecule has 0 bridgehead atoms. The predicted octanol–water partition coefficient (Wildman–Crippen LogP) is 9.09. The SMILES string of the molecule is C1CN1.CCCCN(CCN)CCCC.CCCCN(CCN)CCCC.CCCCNCCCC.CCCCNCCCC.Cl.Cl.Cl.NCCCl. The van der Waals surface area contributed by atoms with E-state index in [9.17, 15) is 0 Å². The molecule has 1 heterocycles. The zero-order chi connectivity index (χ0) is 37.9. The van der Waals surface area contributed by atoms with E-state index in [4.69, 9.17) is 28.8 Å². The third-order valence-corrected chi connectivity index (χ3v) is 7.61. The molecule has 0 atom stereocenters. The van der Waals surface area contributed by atoms with Crippen LogP contribution in [0.15, 0.2) is 0 Å². The first-order valence-electron chi connectivity index (χ1n) is 21.2. The highest BCUT2D eigenvalue weighted by Crippen LogP contribution is 1.98. The molecule has 12 heteroatoms. The van der Waals surface area contributed by atoms with Gasteiger partial charge in [-0.15, -0.1) is 48.8 Å². The van der Waals surface area contributed by atoms with Gasteiger partial charge in [0.15, 0.2) is 0 Å². The Kier molecular flexibility index (Phi) is 104. The maximum atomic E-state index is 5.53. The third-order valence-electron chi connectivity index (χ3n) is 7.39. The Morgan fingerprint density at radius 2 is 0.635 bits per heavy atom. The van der Waals surface area contributed by atoms with E-state index in [1.165, 1.54) is 168 Å². The summed E-state index contributed by atoms with van der Waals surface area (Å²) in [6.07, 6.45) is 20.9. The van der Waals surface area contributed by atoms with Crippen molar-refractivity contribution in [1.29, 1.82) is 0 Å². The number of alkyl halides is 1. The van der Waals surface area contributed by atoms with Crippen LogP contribution in [-0.4, -0.2) is 114 Å². The van der Waals surface area contributed by atoms with Crippen molar-refractivity contribution in [3.05, 3.63) is 0 Å². The van der Waals surface area contributed by atoms with Crippen LogP contribution in [0.3, 0.4) is 0 Å². The maximum absolute atomic E-state index is 5.53. The Labute approximate surface area is 352 Å². The molecule has 0 radical (unpaired) electrons. The van der Waals surface area contributed by atoms with Gasteiger partial charge >= 0.3 is 0 Å². The molecule has 0 saturated carbocycles. The Hall–Kier alpha value is 0.840. The minimum absolute atomic E-state index is 0. The van der Waals surface area contributed by atoms with Crippen molar-refractivity contribution in [2.45, 2.75) is 158 Å². The molecule has 52 heavy (non-hydrogen) atoms. The summed E-state index contributed by atoms with van der Waals surface area (Å²) in [6.45, 7) is 34.4. The van der Waals surface area contributed by atoms with E-state index in [-0.39, 0.29) is 37.2 Å². The molecule has 0 unspecified atom stereocenters. The third kappa shape index (κ3) is 93.1. The number of unbranched alkanes of at least 4 members (excludes halogenated alkanes) is 8. The monoisotopic (exact) mass is 833 g/mol. The highest BCUT2D eigenvalue weighted by atomic mass is 35.5. The second kappa shape index (κ2) is 76.5. The first-order valence-corrected chi connectivity index (χ1v) is 21.7. The van der Waals surface area contributed by atoms with Gasteiger partial charge in [0, 0.05) is 51.7 Å². The smallest absolute Gasteiger partial charge is 0.0346 e. The Morgan fingerprint density at radius 1 is 0.423 bits per heavy atom. The molecule has 1 rings (SSSR count). The van der Waals surface area contributed by atoms with Crippen LogP contribution in [0, 0.1) is 0 Å². The Balaban J connectivity index is -0.0000000767. The molecule has 0 aromatic carbocycles. The van der Waals surface area contributed by atoms with Crippen LogP contribution in [0.25, 0.3) is 0 Å². The van der Waals surface area contributed by atoms with Gasteiger partial charge < -0.3 is 43.0 Å². The topological polar surface area (TPSA) is 131 Å². The lowest BCUT2D eigenvalue weighted by atomic mass is 10.2. The summed E-state index contributed by atoms with van der Waals surface area (Å²) in [5.74, 6) is 0.569. The van der Waals surface area contributed by atoms with Gasteiger partial charge in [0.05, 0.1) is 0 Å². The van der Waals surface area contributed by atoms with Crippen molar-refractivity contribution < 1.29 is 0 Å². The van der Waals surface area contributed by atoms with Crippen LogP contribution in [0.2, 0.25) is 0 Å². The number of nitrogens with one attached hydrogen (secondary N) is 3. The van der Waals surface area contributed by atoms with Crippen molar-refractivity contribution in [1.82, 2.24) is 25.8 Å². The molecular weight excluding hydrogens is 734 g/mol. The highest BCUT2D eigenvalue weighted by Gasteiger charge is 2.02. The van der Waals surface area contributed by atoms with E-state index in [1.807, 2.05) is 0 Å². The second-order valence-corrected chi connectivity index (χ2v) is 13.2. The van der Waals surface area contributed by atoms with E-state index in [0.717, 1.165) is 26.2 Å². The Morgan fingerprint density at radius 3 is 0.769 bits per heavy atom. The summed E-state index contributed by atoms with van der Waals surface area (Å²) in [7, 11) is 0. The van der Waals surface area contributed by atoms with Crippen LogP contribution >= 0.6 is 48.8 Å². The molecule has 0 aromatic rings. The van der Waals surface area contributed by atoms with Crippen molar-refractivity contribution >= 4 is 48.8 Å². The molecule has 328 valence electrons. The lowest BCUT2D eigenvalue weighted by molar-refractivity contribution is 0.272. The zero-order valence-electron chi connectivity index (χ0n) is 36.4. The molecule has 0 aliphatic carbocycles. The molecule has 0 spiro atoms. The largest absolute Gasteiger partial charge is 0.329 e. The van der Waals surface area contributed by atoms with Gasteiger partial charge in [0.25, 0.3) is 0 Å². The van der Waals surface area contributed by atoms with Crippen LogP contribution < -0.4 is 33.2 Å². The first kappa shape index (κ1) is 70.6. The van der Waals surface area contributed by atoms with Gasteiger partial charge in [0.2, 0.25) is 0 Å². The van der Waals surface area contributed by atoms with Crippen molar-refractivity contribution in [2.24, 2.45) is 17.2 Å². The number of hydrogen-bond donors (Lipinski definition) is 6. The lowest BCUT2D eigenvalue weighted by Gasteiger charge is -2.20. The molecule has 1 fully saturated rings. The van der Waals surface area contributed by atoms with Gasteiger partial charge in [-0.05, 0) is 104 Å². The normalized spacial score (nSPS) is 10.5. The van der Waals surface area contributed by atoms with Gasteiger partial charge in [0.1, 0.15) is 0 Å². The van der Waals surface area contributed by atoms with E-state index in [0.29, 0.717) is 12.4 Å². The summed E-state index contributed by atoms with van der Waals surface area (Å²) in [5, 5.41) is 9.77. The standard InChI is InChI=1S/2C10H24N2.2C8H19N.C2H6ClN.C2H5N.3ClH/c2*1-3-5-8-12(10-7-11)9-6-4-2;2*1-3-5-7-9-8-6-4-2;3-1-2-4;1-2-3-1;;;/h2*3-11H2,1-2H3;2*9H,3-8H2,1-2H3;1-2,4H2;3H,1-2H2;3*1H. The van der Waals surface area contributed by atoms with E-state index in [1.54, 1.807) is 0 Å². The number of nitrogens with zero attached hydrogens (tertiary/aromatic N) is 2. The Bertz CT molecular complexity index is 420. The summed E-state index contributed by atoms with van der Waals surface area (Å²) in [6, 6.07) is 0. The zero-order valence-corrected chi connectivity index (χ0v) is 39.6. The molecule has 9 N–H and O–H groups in total. The van der Waals surface area contributed by atoms with Gasteiger partial charge in [-0.3, -0.25) is 0 Å². The minimum atomic E-state index is 0. The van der Waals surface area contributed by atoms with Gasteiger partial charge in [-0.2, -0.15) is 0 Å². The fourth-order valence-corrected chi connectivity index (χ4v) is 4.02. The number of rotatable bonds is 29. The number of halogens is 4. The lowest BCUT2D eigenvalue weighted by Crippen LogP contribution is -2.31. The number of hydrogen-bond acceptors (Lipinski definition) is 8. The summed E-state index contributed by atoms with van der Waals surface area (Å²) >= 11 is 5.06. The van der Waals surface area contributed by atoms with Crippen LogP contribution in [-0.2, 0) is 0 Å². The molecule has 1 aliphatic rings. The first-order chi connectivity index (χ1) is 23.9. The van der Waals surface area contributed by atoms with Crippen LogP contribution in [0.4, 0.5) is 0 Å². The van der Waals surface area contributed by atoms with Crippen molar-refractivity contribution in [3.63, 3.8) is 0 Å². The summed E-state index contributed by atoms with van der Waals surface area (Å²) in [5.41, 5.74) is 16.0. The maximum Gasteiger partial charge on any atom is 0.0346 e. The van der Waals surface area contributed by atoms with Crippen LogP contribution in [0.1, 0.15) is 158 Å². The molecule has 0 amide bonds. The highest BCUT2D eigenvalue weighted by molar-refractivity contribution is 6.18. The van der Waals surface area contributed by atoms with Crippen molar-refractivity contribution in [3.8, 4) is 0 Å². The van der Waals surface area contributed by atoms with E-state index >= 15 is 0 Å². The summed E-state index contributed by atoms with van der Waals surface area (Å²) in [4.78, 5) is 4.96. The quantitative estimate of drug-likeness (QED) is 0.0250. The fourth-order valence-electron chi connectivity index (χ4n) is 4.02. The second-order valence-electron chi connectivity index (χ2n) is 12.8. The average Bonchev–Trinajstić information content (AvgIpc) is 4.02. The van der Waals surface area contributed by atoms with Gasteiger partial charge in [-0.1, -0.05) is 107 Å². The molecule has 8 nitrogen and oxygen atoms in total. The fraction of sp³-hybridized carbons (Fsp3) is 1.00. The predicted molar refractivity (Wildman–Crippen MR) is 250 cm³/mol. The van der Waals surface area contributed by atoms with Gasteiger partial charge in [-0.25, -0.2) is 0 Å². The van der Waals surface area contributed by atoms with Crippen LogP contribution in [0.5, 0.6) is 0 Å². The molecule has 1 aliphatic heterocycles. The minimum Gasteiger partial charge on any atom is -0.329 e. The average molecular weight is 835 g/mol.